The first-order chi connectivity index (χ1) is 32.1. The Balaban J connectivity index is 0.866. The highest BCUT2D eigenvalue weighted by molar-refractivity contribution is 7.90. The summed E-state index contributed by atoms with van der Waals surface area (Å²) in [5.74, 6) is 0.458. The number of amides is 1. The van der Waals surface area contributed by atoms with Crippen LogP contribution in [0.4, 0.5) is 22.9 Å². The molecule has 0 radical (unpaired) electrons. The Kier molecular flexibility index (Phi) is 11.6. The van der Waals surface area contributed by atoms with Gasteiger partial charge < -0.3 is 35.5 Å². The van der Waals surface area contributed by atoms with Crippen LogP contribution in [-0.2, 0) is 10.0 Å². The molecular formula is C50H60N8O8S. The average Bonchev–Trinajstić information content (AvgIpc) is 3.97. The number of sulfonamides is 1. The maximum absolute atomic E-state index is 14.2. The number of aromatic nitrogens is 2. The van der Waals surface area contributed by atoms with Crippen LogP contribution >= 0.6 is 0 Å². The minimum atomic E-state index is -4.69. The monoisotopic (exact) mass is 932 g/mol. The Bertz CT molecular complexity index is 2820. The number of fused-ring (bicyclic) bond motifs is 2. The lowest BCUT2D eigenvalue weighted by atomic mass is 9.70. The highest BCUT2D eigenvalue weighted by Gasteiger charge is 2.49. The number of nitro benzene ring substituents is 1. The van der Waals surface area contributed by atoms with Gasteiger partial charge in [-0.1, -0.05) is 44.5 Å². The quantitative estimate of drug-likeness (QED) is 0.0621. The van der Waals surface area contributed by atoms with Gasteiger partial charge in [0.1, 0.15) is 18.0 Å². The Labute approximate surface area is 390 Å². The van der Waals surface area contributed by atoms with Gasteiger partial charge in [-0.3, -0.25) is 19.8 Å². The minimum Gasteiger partial charge on any atom is -0.489 e. The average molecular weight is 933 g/mol. The number of rotatable bonds is 11. The van der Waals surface area contributed by atoms with Gasteiger partial charge in [0.25, 0.3) is 21.6 Å². The van der Waals surface area contributed by atoms with Gasteiger partial charge in [-0.05, 0) is 117 Å². The van der Waals surface area contributed by atoms with E-state index in [0.29, 0.717) is 49.2 Å². The van der Waals surface area contributed by atoms with E-state index in [9.17, 15) is 28.4 Å². The summed E-state index contributed by atoms with van der Waals surface area (Å²) in [7, 11) is -4.69. The van der Waals surface area contributed by atoms with Crippen LogP contribution in [0.1, 0.15) is 112 Å². The zero-order valence-electron chi connectivity index (χ0n) is 38.3. The number of anilines is 3. The fraction of sp³-hybridized carbons (Fsp3) is 0.480. The van der Waals surface area contributed by atoms with Gasteiger partial charge in [0, 0.05) is 67.7 Å². The molecule has 2 saturated carbocycles. The number of nitro groups is 1. The molecule has 2 aromatic heterocycles. The Morgan fingerprint density at radius 2 is 1.78 bits per heavy atom. The molecule has 2 aliphatic carbocycles. The van der Waals surface area contributed by atoms with Crippen LogP contribution in [0, 0.1) is 21.4 Å². The first kappa shape index (κ1) is 44.9. The molecule has 0 bridgehead atoms. The van der Waals surface area contributed by atoms with E-state index >= 15 is 0 Å². The number of likely N-dealkylation sites (tertiary alicyclic amines) is 1. The second-order valence-electron chi connectivity index (χ2n) is 20.3. The molecule has 5 aromatic rings. The number of carbonyl (C=O) groups is 1. The van der Waals surface area contributed by atoms with Gasteiger partial charge in [0.05, 0.1) is 27.0 Å². The summed E-state index contributed by atoms with van der Waals surface area (Å²) in [4.78, 5) is 37.8. The van der Waals surface area contributed by atoms with E-state index in [1.54, 1.807) is 31.3 Å². The summed E-state index contributed by atoms with van der Waals surface area (Å²) in [6.07, 6.45) is 10.1. The molecule has 16 nitrogen and oxygen atoms in total. The number of aromatic amines is 1. The van der Waals surface area contributed by atoms with Crippen molar-refractivity contribution in [3.05, 3.63) is 99.7 Å². The van der Waals surface area contributed by atoms with E-state index in [-0.39, 0.29) is 58.3 Å². The van der Waals surface area contributed by atoms with Gasteiger partial charge in [0.2, 0.25) is 0 Å². The van der Waals surface area contributed by atoms with Crippen molar-refractivity contribution < 1.29 is 32.7 Å². The lowest BCUT2D eigenvalue weighted by molar-refractivity contribution is -0.384. The van der Waals surface area contributed by atoms with E-state index in [2.05, 4.69) is 67.9 Å². The minimum absolute atomic E-state index is 0.00866. The molecule has 10 rings (SSSR count). The molecule has 354 valence electrons. The second-order valence-corrected chi connectivity index (χ2v) is 21.9. The third-order valence-corrected chi connectivity index (χ3v) is 16.7. The second kappa shape index (κ2) is 17.3. The highest BCUT2D eigenvalue weighted by Crippen LogP contribution is 2.49. The first-order valence-electron chi connectivity index (χ1n) is 23.7. The van der Waals surface area contributed by atoms with Crippen molar-refractivity contribution in [2.24, 2.45) is 11.3 Å². The van der Waals surface area contributed by atoms with Crippen molar-refractivity contribution >= 4 is 49.8 Å². The third-order valence-electron chi connectivity index (χ3n) is 15.4. The number of H-pyrrole nitrogens is 1. The van der Waals surface area contributed by atoms with Crippen molar-refractivity contribution in [1.29, 1.82) is 0 Å². The Morgan fingerprint density at radius 1 is 1.01 bits per heavy atom. The fourth-order valence-electron chi connectivity index (χ4n) is 11.6. The molecule has 17 heteroatoms. The molecule has 1 spiro atoms. The number of nitrogens with two attached hydrogens (primary N) is 1. The maximum Gasteiger partial charge on any atom is 0.297 e. The largest absolute Gasteiger partial charge is 0.489 e. The number of piperidine rings is 1. The number of benzene rings is 3. The van der Waals surface area contributed by atoms with Gasteiger partial charge in [-0.25, -0.2) is 18.1 Å². The van der Waals surface area contributed by atoms with Crippen LogP contribution in [0.3, 0.4) is 0 Å². The lowest BCUT2D eigenvalue weighted by Gasteiger charge is -2.57. The zero-order chi connectivity index (χ0) is 46.8. The van der Waals surface area contributed by atoms with Gasteiger partial charge in [0.15, 0.2) is 23.0 Å². The smallest absolute Gasteiger partial charge is 0.297 e. The fourth-order valence-corrected chi connectivity index (χ4v) is 12.6. The number of nitrogen functional groups attached to an aromatic ring is 1. The van der Waals surface area contributed by atoms with Gasteiger partial charge >= 0.3 is 0 Å². The maximum atomic E-state index is 14.2. The van der Waals surface area contributed by atoms with E-state index in [4.69, 9.17) is 15.2 Å². The van der Waals surface area contributed by atoms with Crippen LogP contribution in [0.25, 0.3) is 11.0 Å². The SMILES string of the molecule is CC(C)c1ccccc1[C@H]1CCC[C@H]1N1CC2(CCN(c3ccc(C(=O)NS(=O)(=O)c4cc5c(c([N+](=O)[O-])c4)N[C@@H](C4CCC(C)(O)CC4)CO5)c(Oc4cc5cc[nH]c5nc4N)c3)CC2)C1. The molecule has 5 aliphatic rings. The van der Waals surface area contributed by atoms with Gasteiger partial charge in [-0.2, -0.15) is 0 Å². The standard InChI is InChI=1S/C50H60N8O8S/c1-30(2)35-7-4-5-8-36(35)37-9-6-10-40(37)57-28-50(29-57)18-21-56(22-19-50)33-11-12-38(42(24-33)66-44-23-32-15-20-52-47(32)54-46(44)51)48(59)55-67(63,64)34-25-41(58(61)62)45-43(26-34)65-27-39(53-45)31-13-16-49(3,60)17-14-31/h4-5,7-8,11-12,15,20,23-26,30-31,37,39-40,53,60H,6,9-10,13-14,16-19,21-22,27-29H2,1-3H3,(H,55,59)(H3,51,52,54)/t31?,37-,39-,40-,49?/m1/s1. The Morgan fingerprint density at radius 3 is 2.52 bits per heavy atom. The normalized spacial score (nSPS) is 25.0. The molecule has 6 N–H and O–H groups in total. The number of nitrogens with one attached hydrogen (secondary N) is 3. The predicted molar refractivity (Wildman–Crippen MR) is 257 cm³/mol. The van der Waals surface area contributed by atoms with Crippen molar-refractivity contribution in [2.45, 2.75) is 113 Å². The molecule has 0 unspecified atom stereocenters. The predicted octanol–water partition coefficient (Wildman–Crippen LogP) is 8.44. The number of aliphatic hydroxyl groups is 1. The molecular weight excluding hydrogens is 873 g/mol. The van der Waals surface area contributed by atoms with Crippen molar-refractivity contribution in [1.82, 2.24) is 19.6 Å². The highest BCUT2D eigenvalue weighted by atomic mass is 32.2. The molecule has 3 aromatic carbocycles. The molecule has 3 aliphatic heterocycles. The number of pyridine rings is 1. The summed E-state index contributed by atoms with van der Waals surface area (Å²) in [6.45, 7) is 10.3. The third kappa shape index (κ3) is 8.77. The molecule has 3 atom stereocenters. The summed E-state index contributed by atoms with van der Waals surface area (Å²) in [5, 5.41) is 26.8. The van der Waals surface area contributed by atoms with E-state index < -0.39 is 37.0 Å². The summed E-state index contributed by atoms with van der Waals surface area (Å²) < 4.78 is 42.5. The number of carbonyl (C=O) groups excluding carboxylic acids is 1. The lowest BCUT2D eigenvalue weighted by Crippen LogP contribution is -2.63. The number of hydrogen-bond donors (Lipinski definition) is 5. The first-order valence-corrected chi connectivity index (χ1v) is 25.2. The van der Waals surface area contributed by atoms with E-state index in [1.807, 2.05) is 6.07 Å². The van der Waals surface area contributed by atoms with Crippen LogP contribution < -0.4 is 30.1 Å². The molecule has 5 heterocycles. The molecule has 2 saturated heterocycles. The van der Waals surface area contributed by atoms with E-state index in [0.717, 1.165) is 56.2 Å². The van der Waals surface area contributed by atoms with Crippen LogP contribution in [0.15, 0.2) is 77.8 Å². The number of nitrogens with zero attached hydrogens (tertiary/aromatic N) is 4. The van der Waals surface area contributed by atoms with Gasteiger partial charge in [-0.15, -0.1) is 0 Å². The van der Waals surface area contributed by atoms with Crippen molar-refractivity contribution in [2.75, 3.05) is 48.7 Å². The topological polar surface area (TPSA) is 218 Å². The summed E-state index contributed by atoms with van der Waals surface area (Å²) in [5.41, 5.74) is 9.68. The molecule has 67 heavy (non-hydrogen) atoms. The summed E-state index contributed by atoms with van der Waals surface area (Å²) >= 11 is 0. The molecule has 1 amide bonds. The number of hydrogen-bond acceptors (Lipinski definition) is 13. The zero-order valence-corrected chi connectivity index (χ0v) is 39.1. The van der Waals surface area contributed by atoms with Crippen LogP contribution in [0.2, 0.25) is 0 Å². The van der Waals surface area contributed by atoms with E-state index in [1.165, 1.54) is 42.5 Å². The molecule has 4 fully saturated rings. The van der Waals surface area contributed by atoms with Crippen molar-refractivity contribution in [3.63, 3.8) is 0 Å². The number of ether oxygens (including phenoxy) is 2. The Hall–Kier alpha value is -5.91. The van der Waals surface area contributed by atoms with Crippen molar-refractivity contribution in [3.8, 4) is 17.2 Å². The van der Waals surface area contributed by atoms with Crippen LogP contribution in [0.5, 0.6) is 17.2 Å². The van der Waals surface area contributed by atoms with Crippen LogP contribution in [-0.4, -0.2) is 89.7 Å². The summed E-state index contributed by atoms with van der Waals surface area (Å²) in [6, 6.07) is 20.0.